The van der Waals surface area contributed by atoms with Crippen LogP contribution in [-0.4, -0.2) is 36.3 Å². The number of rotatable bonds is 7. The summed E-state index contributed by atoms with van der Waals surface area (Å²) in [6.07, 6.45) is -3.95. The van der Waals surface area contributed by atoms with E-state index in [-0.39, 0.29) is 18.5 Å². The summed E-state index contributed by atoms with van der Waals surface area (Å²) in [5.74, 6) is 0.844. The van der Waals surface area contributed by atoms with Crippen LogP contribution in [0.15, 0.2) is 16.6 Å². The minimum Gasteiger partial charge on any atom is -0.492 e. The Balaban J connectivity index is 2.08. The van der Waals surface area contributed by atoms with Gasteiger partial charge in [0.25, 0.3) is 0 Å². The first kappa shape index (κ1) is 21.9. The van der Waals surface area contributed by atoms with E-state index in [1.165, 1.54) is 0 Å². The lowest BCUT2D eigenvalue weighted by Crippen LogP contribution is -2.45. The van der Waals surface area contributed by atoms with Crippen LogP contribution in [-0.2, 0) is 6.42 Å². The molecule has 8 heteroatoms. The van der Waals surface area contributed by atoms with Gasteiger partial charge >= 0.3 is 12.2 Å². The van der Waals surface area contributed by atoms with E-state index in [0.717, 1.165) is 27.8 Å². The zero-order valence-corrected chi connectivity index (χ0v) is 17.4. The highest BCUT2D eigenvalue weighted by Crippen LogP contribution is 2.37. The Morgan fingerprint density at radius 1 is 1.37 bits per heavy atom. The van der Waals surface area contributed by atoms with Crippen molar-refractivity contribution in [1.29, 1.82) is 0 Å². The molecule has 0 aromatic heterocycles. The fourth-order valence-electron chi connectivity index (χ4n) is 3.27. The van der Waals surface area contributed by atoms with Gasteiger partial charge in [0, 0.05) is 25.4 Å². The van der Waals surface area contributed by atoms with E-state index < -0.39 is 18.6 Å². The zero-order chi connectivity index (χ0) is 20.2. The number of halogens is 4. The molecule has 1 heterocycles. The molecule has 0 aliphatic carbocycles. The smallest absolute Gasteiger partial charge is 0.389 e. The van der Waals surface area contributed by atoms with E-state index in [4.69, 9.17) is 4.74 Å². The van der Waals surface area contributed by atoms with Gasteiger partial charge in [0.05, 0.1) is 17.1 Å². The third-order valence-electron chi connectivity index (χ3n) is 4.91. The Bertz CT molecular complexity index is 667. The van der Waals surface area contributed by atoms with E-state index in [1.807, 2.05) is 26.0 Å². The number of hydrogen-bond donors (Lipinski definition) is 1. The van der Waals surface area contributed by atoms with Gasteiger partial charge < -0.3 is 15.0 Å². The molecule has 4 nitrogen and oxygen atoms in total. The lowest BCUT2D eigenvalue weighted by atomic mass is 10.0. The van der Waals surface area contributed by atoms with E-state index >= 15 is 0 Å². The van der Waals surface area contributed by atoms with Crippen LogP contribution >= 0.6 is 15.9 Å². The fourth-order valence-corrected chi connectivity index (χ4v) is 3.91. The highest BCUT2D eigenvalue weighted by Gasteiger charge is 2.29. The van der Waals surface area contributed by atoms with E-state index in [1.54, 1.807) is 11.8 Å². The number of fused-ring (bicyclic) bond motifs is 1. The van der Waals surface area contributed by atoms with Crippen molar-refractivity contribution in [2.45, 2.75) is 64.7 Å². The second kappa shape index (κ2) is 9.17. The molecule has 0 saturated carbocycles. The maximum atomic E-state index is 12.7. The van der Waals surface area contributed by atoms with Crippen molar-refractivity contribution in [3.8, 4) is 5.75 Å². The number of alkyl halides is 3. The summed E-state index contributed by atoms with van der Waals surface area (Å²) in [6, 6.07) is 2.92. The minimum absolute atomic E-state index is 0.112. The summed E-state index contributed by atoms with van der Waals surface area (Å²) in [5, 5.41) is 2.76. The molecule has 1 aliphatic heterocycles. The van der Waals surface area contributed by atoms with E-state index in [2.05, 4.69) is 21.2 Å². The molecular formula is C19H26BrF3N2O2. The number of nitrogens with zero attached hydrogens (tertiary/aromatic N) is 1. The Labute approximate surface area is 166 Å². The lowest BCUT2D eigenvalue weighted by Gasteiger charge is -2.31. The van der Waals surface area contributed by atoms with Crippen LogP contribution in [0, 0.1) is 0 Å². The molecule has 0 bridgehead atoms. The number of hydrogen-bond acceptors (Lipinski definition) is 2. The maximum Gasteiger partial charge on any atom is 0.389 e. The normalized spacial score (nSPS) is 15.7. The summed E-state index contributed by atoms with van der Waals surface area (Å²) in [4.78, 5) is 14.3. The number of nitrogens with one attached hydrogen (secondary N) is 1. The van der Waals surface area contributed by atoms with Crippen molar-refractivity contribution < 1.29 is 22.7 Å². The Morgan fingerprint density at radius 2 is 2.07 bits per heavy atom. The van der Waals surface area contributed by atoms with Gasteiger partial charge in [-0.05, 0) is 65.9 Å². The van der Waals surface area contributed by atoms with Crippen LogP contribution in [0.1, 0.15) is 57.2 Å². The second-order valence-corrected chi connectivity index (χ2v) is 7.61. The number of carbonyl (C=O) groups is 1. The van der Waals surface area contributed by atoms with Gasteiger partial charge in [-0.2, -0.15) is 13.2 Å². The molecule has 152 valence electrons. The predicted octanol–water partition coefficient (Wildman–Crippen LogP) is 5.60. The molecule has 1 aromatic carbocycles. The van der Waals surface area contributed by atoms with Crippen LogP contribution in [0.4, 0.5) is 18.0 Å². The highest BCUT2D eigenvalue weighted by atomic mass is 79.9. The third-order valence-corrected chi connectivity index (χ3v) is 5.50. The van der Waals surface area contributed by atoms with Crippen molar-refractivity contribution >= 4 is 22.0 Å². The van der Waals surface area contributed by atoms with Crippen LogP contribution < -0.4 is 10.1 Å². The molecule has 27 heavy (non-hydrogen) atoms. The molecule has 2 atom stereocenters. The average Bonchev–Trinajstić information content (AvgIpc) is 3.07. The molecule has 0 spiro atoms. The summed E-state index contributed by atoms with van der Waals surface area (Å²) in [6.45, 7) is 6.65. The number of ether oxygens (including phenoxy) is 1. The first-order valence-corrected chi connectivity index (χ1v) is 10.0. The number of amides is 2. The first-order valence-electron chi connectivity index (χ1n) is 9.25. The van der Waals surface area contributed by atoms with Crippen molar-refractivity contribution in [2.24, 2.45) is 0 Å². The first-order chi connectivity index (χ1) is 12.7. The molecule has 1 aliphatic rings. The van der Waals surface area contributed by atoms with Gasteiger partial charge in [0.15, 0.2) is 0 Å². The Morgan fingerprint density at radius 3 is 2.67 bits per heavy atom. The molecule has 1 N–H and O–H groups in total. The van der Waals surface area contributed by atoms with Crippen LogP contribution in [0.25, 0.3) is 0 Å². The summed E-state index contributed by atoms with van der Waals surface area (Å²) in [7, 11) is 0. The molecular weight excluding hydrogens is 425 g/mol. The lowest BCUT2D eigenvalue weighted by molar-refractivity contribution is -0.136. The van der Waals surface area contributed by atoms with E-state index in [9.17, 15) is 18.0 Å². The number of benzene rings is 1. The number of urea groups is 1. The quantitative estimate of drug-likeness (QED) is 0.587. The highest BCUT2D eigenvalue weighted by molar-refractivity contribution is 9.10. The number of carbonyl (C=O) groups excluding carboxylic acids is 1. The molecule has 1 unspecified atom stereocenters. The van der Waals surface area contributed by atoms with Crippen molar-refractivity contribution in [2.75, 3.05) is 13.2 Å². The molecule has 1 aromatic rings. The summed E-state index contributed by atoms with van der Waals surface area (Å²) >= 11 is 3.51. The summed E-state index contributed by atoms with van der Waals surface area (Å²) < 4.78 is 43.9. The van der Waals surface area contributed by atoms with Gasteiger partial charge in [0.1, 0.15) is 5.75 Å². The van der Waals surface area contributed by atoms with Crippen molar-refractivity contribution in [1.82, 2.24) is 10.2 Å². The second-order valence-electron chi connectivity index (χ2n) is 6.76. The molecule has 2 amide bonds. The largest absolute Gasteiger partial charge is 0.492 e. The minimum atomic E-state index is -4.21. The SMILES string of the molecule is CCC(CCC(F)(F)F)NC(=O)N(CC)[C@H](C)c1cc(Br)c2c(c1)CCO2. The molecule has 0 fully saturated rings. The zero-order valence-electron chi connectivity index (χ0n) is 15.8. The monoisotopic (exact) mass is 450 g/mol. The standard InChI is InChI=1S/C19H26BrF3N2O2/c1-4-15(6-8-19(21,22)23)24-18(26)25(5-2)12(3)14-10-13-7-9-27-17(13)16(20)11-14/h10-12,15H,4-9H2,1-3H3,(H,24,26)/t12-,15?/m1/s1. The molecule has 2 rings (SSSR count). The Hall–Kier alpha value is -1.44. The van der Waals surface area contributed by atoms with Gasteiger partial charge in [-0.1, -0.05) is 6.92 Å². The summed E-state index contributed by atoms with van der Waals surface area (Å²) in [5.41, 5.74) is 2.06. The maximum absolute atomic E-state index is 12.7. The van der Waals surface area contributed by atoms with Gasteiger partial charge in [-0.3, -0.25) is 0 Å². The van der Waals surface area contributed by atoms with Crippen LogP contribution in [0.2, 0.25) is 0 Å². The third kappa shape index (κ3) is 5.77. The van der Waals surface area contributed by atoms with E-state index in [0.29, 0.717) is 19.6 Å². The van der Waals surface area contributed by atoms with Gasteiger partial charge in [-0.15, -0.1) is 0 Å². The van der Waals surface area contributed by atoms with Crippen LogP contribution in [0.3, 0.4) is 0 Å². The predicted molar refractivity (Wildman–Crippen MR) is 102 cm³/mol. The Kier molecular flexibility index (Phi) is 7.42. The van der Waals surface area contributed by atoms with Crippen molar-refractivity contribution in [3.63, 3.8) is 0 Å². The van der Waals surface area contributed by atoms with Crippen LogP contribution in [0.5, 0.6) is 5.75 Å². The topological polar surface area (TPSA) is 41.6 Å². The van der Waals surface area contributed by atoms with Gasteiger partial charge in [0.2, 0.25) is 0 Å². The average molecular weight is 451 g/mol. The van der Waals surface area contributed by atoms with Crippen molar-refractivity contribution in [3.05, 3.63) is 27.7 Å². The molecule has 0 radical (unpaired) electrons. The molecule has 0 saturated heterocycles. The fraction of sp³-hybridized carbons (Fsp3) is 0.632. The van der Waals surface area contributed by atoms with Gasteiger partial charge in [-0.25, -0.2) is 4.79 Å².